The number of anilines is 2. The molecule has 4 aromatic carbocycles. The standard InChI is InChI=1S/C33H27Cl2N3O5S/c1-19-11-12-23(33(42)43)16-28(19)37-30(39)20(2)44-26-10-6-9-25(18-26)36-32(41)29(15-22-13-14-24(34)17-27(22)35)38-31(40)21-7-4-3-5-8-21/h3-18,20H,1-2H3,(H,36,41)(H,37,39)(H,38,40)(H,42,43)/b29-15+. The van der Waals surface area contributed by atoms with Gasteiger partial charge < -0.3 is 21.1 Å². The summed E-state index contributed by atoms with van der Waals surface area (Å²) >= 11 is 13.6. The summed E-state index contributed by atoms with van der Waals surface area (Å²) in [5.41, 5.74) is 2.44. The second-order valence-corrected chi connectivity index (χ2v) is 11.9. The minimum absolute atomic E-state index is 0.0483. The number of carbonyl (C=O) groups is 4. The molecule has 4 N–H and O–H groups in total. The van der Waals surface area contributed by atoms with E-state index >= 15 is 0 Å². The summed E-state index contributed by atoms with van der Waals surface area (Å²) in [6.45, 7) is 3.49. The number of aromatic carboxylic acids is 1. The average molecular weight is 649 g/mol. The molecular formula is C33H27Cl2N3O5S. The highest BCUT2D eigenvalue weighted by molar-refractivity contribution is 8.00. The van der Waals surface area contributed by atoms with Gasteiger partial charge in [0.2, 0.25) is 5.91 Å². The molecule has 0 aliphatic rings. The third kappa shape index (κ3) is 8.73. The molecule has 1 atom stereocenters. The number of halogens is 2. The molecule has 11 heteroatoms. The molecule has 0 fully saturated rings. The number of carboxylic acids is 1. The number of rotatable bonds is 10. The Balaban J connectivity index is 1.50. The second-order valence-electron chi connectivity index (χ2n) is 9.61. The van der Waals surface area contributed by atoms with Gasteiger partial charge in [-0.25, -0.2) is 4.79 Å². The van der Waals surface area contributed by atoms with E-state index < -0.39 is 23.0 Å². The van der Waals surface area contributed by atoms with Crippen LogP contribution in [-0.4, -0.2) is 34.0 Å². The Morgan fingerprint density at radius 3 is 2.30 bits per heavy atom. The predicted octanol–water partition coefficient (Wildman–Crippen LogP) is 7.53. The van der Waals surface area contributed by atoms with Gasteiger partial charge in [-0.15, -0.1) is 11.8 Å². The van der Waals surface area contributed by atoms with Crippen LogP contribution < -0.4 is 16.0 Å². The van der Waals surface area contributed by atoms with E-state index in [0.717, 1.165) is 5.56 Å². The first-order valence-electron chi connectivity index (χ1n) is 13.3. The minimum Gasteiger partial charge on any atom is -0.478 e. The third-order valence-corrected chi connectivity index (χ3v) is 7.96. The fourth-order valence-corrected chi connectivity index (χ4v) is 5.33. The van der Waals surface area contributed by atoms with Crippen LogP contribution in [0.15, 0.2) is 102 Å². The molecule has 44 heavy (non-hydrogen) atoms. The first-order chi connectivity index (χ1) is 21.0. The van der Waals surface area contributed by atoms with E-state index in [1.807, 2.05) is 0 Å². The maximum atomic E-state index is 13.4. The molecule has 3 amide bonds. The van der Waals surface area contributed by atoms with Crippen LogP contribution in [0.25, 0.3) is 6.08 Å². The lowest BCUT2D eigenvalue weighted by molar-refractivity contribution is -0.115. The highest BCUT2D eigenvalue weighted by Gasteiger charge is 2.19. The van der Waals surface area contributed by atoms with Gasteiger partial charge in [0.25, 0.3) is 11.8 Å². The van der Waals surface area contributed by atoms with Gasteiger partial charge in [-0.2, -0.15) is 0 Å². The van der Waals surface area contributed by atoms with Crippen LogP contribution in [0.3, 0.4) is 0 Å². The molecule has 0 aromatic heterocycles. The Bertz CT molecular complexity index is 1760. The molecule has 0 aliphatic heterocycles. The normalized spacial score (nSPS) is 11.8. The van der Waals surface area contributed by atoms with E-state index in [0.29, 0.717) is 37.4 Å². The van der Waals surface area contributed by atoms with Crippen LogP contribution in [0.1, 0.15) is 38.8 Å². The van der Waals surface area contributed by atoms with Crippen LogP contribution in [0.5, 0.6) is 0 Å². The van der Waals surface area contributed by atoms with Crippen molar-refractivity contribution >= 4 is 76.1 Å². The lowest BCUT2D eigenvalue weighted by Gasteiger charge is -2.15. The average Bonchev–Trinajstić information content (AvgIpc) is 2.99. The highest BCUT2D eigenvalue weighted by atomic mass is 35.5. The zero-order valence-corrected chi connectivity index (χ0v) is 25.9. The largest absolute Gasteiger partial charge is 0.478 e. The molecule has 0 heterocycles. The highest BCUT2D eigenvalue weighted by Crippen LogP contribution is 2.28. The van der Waals surface area contributed by atoms with Crippen molar-refractivity contribution in [2.24, 2.45) is 0 Å². The van der Waals surface area contributed by atoms with Gasteiger partial charge in [-0.05, 0) is 85.6 Å². The summed E-state index contributed by atoms with van der Waals surface area (Å²) in [5, 5.41) is 17.7. The molecule has 0 saturated heterocycles. The fraction of sp³-hybridized carbons (Fsp3) is 0.0909. The Kier molecular flexibility index (Phi) is 10.8. The van der Waals surface area contributed by atoms with Gasteiger partial charge in [0.05, 0.1) is 10.8 Å². The number of hydrogen-bond donors (Lipinski definition) is 4. The molecule has 0 saturated carbocycles. The van der Waals surface area contributed by atoms with Crippen LogP contribution >= 0.6 is 35.0 Å². The van der Waals surface area contributed by atoms with Crippen LogP contribution in [0, 0.1) is 6.92 Å². The quantitative estimate of drug-likeness (QED) is 0.104. The Morgan fingerprint density at radius 1 is 0.841 bits per heavy atom. The predicted molar refractivity (Wildman–Crippen MR) is 176 cm³/mol. The summed E-state index contributed by atoms with van der Waals surface area (Å²) in [4.78, 5) is 51.3. The van der Waals surface area contributed by atoms with Crippen molar-refractivity contribution in [3.8, 4) is 0 Å². The van der Waals surface area contributed by atoms with Gasteiger partial charge in [0, 0.05) is 31.9 Å². The van der Waals surface area contributed by atoms with Crippen molar-refractivity contribution in [1.82, 2.24) is 5.32 Å². The molecule has 8 nitrogen and oxygen atoms in total. The number of amides is 3. The number of carbonyl (C=O) groups excluding carboxylic acids is 3. The topological polar surface area (TPSA) is 125 Å². The van der Waals surface area contributed by atoms with Crippen LogP contribution in [0.4, 0.5) is 11.4 Å². The van der Waals surface area contributed by atoms with Gasteiger partial charge in [0.1, 0.15) is 5.70 Å². The maximum absolute atomic E-state index is 13.4. The molecule has 224 valence electrons. The second kappa shape index (κ2) is 14.7. The zero-order valence-electron chi connectivity index (χ0n) is 23.6. The molecule has 0 aliphatic carbocycles. The Morgan fingerprint density at radius 2 is 1.59 bits per heavy atom. The molecule has 0 spiro atoms. The molecule has 0 radical (unpaired) electrons. The molecule has 4 aromatic rings. The van der Waals surface area contributed by atoms with E-state index in [2.05, 4.69) is 16.0 Å². The SMILES string of the molecule is Cc1ccc(C(=O)O)cc1NC(=O)C(C)Sc1cccc(NC(=O)/C(=C\c2ccc(Cl)cc2Cl)NC(=O)c2ccccc2)c1. The smallest absolute Gasteiger partial charge is 0.335 e. The van der Waals surface area contributed by atoms with E-state index in [1.165, 1.54) is 36.0 Å². The molecular weight excluding hydrogens is 621 g/mol. The summed E-state index contributed by atoms with van der Waals surface area (Å²) in [6.07, 6.45) is 1.46. The third-order valence-electron chi connectivity index (χ3n) is 6.31. The first-order valence-corrected chi connectivity index (χ1v) is 14.9. The van der Waals surface area contributed by atoms with Gasteiger partial charge in [0.15, 0.2) is 0 Å². The van der Waals surface area contributed by atoms with Crippen molar-refractivity contribution in [2.45, 2.75) is 24.0 Å². The number of carboxylic acid groups (broad SMARTS) is 1. The monoisotopic (exact) mass is 647 g/mol. The fourth-order valence-electron chi connectivity index (χ4n) is 3.94. The summed E-state index contributed by atoms with van der Waals surface area (Å²) in [7, 11) is 0. The van der Waals surface area contributed by atoms with Crippen molar-refractivity contribution in [3.63, 3.8) is 0 Å². The number of nitrogens with one attached hydrogen (secondary N) is 3. The van der Waals surface area contributed by atoms with E-state index in [-0.39, 0.29) is 17.2 Å². The number of benzene rings is 4. The van der Waals surface area contributed by atoms with Crippen LogP contribution in [-0.2, 0) is 9.59 Å². The van der Waals surface area contributed by atoms with Gasteiger partial charge >= 0.3 is 5.97 Å². The summed E-state index contributed by atoms with van der Waals surface area (Å²) in [5.74, 6) is -2.48. The van der Waals surface area contributed by atoms with Crippen molar-refractivity contribution < 1.29 is 24.3 Å². The lowest BCUT2D eigenvalue weighted by atomic mass is 10.1. The van der Waals surface area contributed by atoms with Crippen molar-refractivity contribution in [2.75, 3.05) is 10.6 Å². The molecule has 1 unspecified atom stereocenters. The number of thioether (sulfide) groups is 1. The number of hydrogen-bond acceptors (Lipinski definition) is 5. The summed E-state index contributed by atoms with van der Waals surface area (Å²) in [6, 6.07) is 24.7. The van der Waals surface area contributed by atoms with E-state index in [1.54, 1.807) is 86.6 Å². The van der Waals surface area contributed by atoms with Crippen molar-refractivity contribution in [3.05, 3.63) is 129 Å². The molecule has 4 rings (SSSR count). The van der Waals surface area contributed by atoms with E-state index in [9.17, 15) is 24.3 Å². The Hall–Kier alpha value is -4.57. The zero-order chi connectivity index (χ0) is 31.8. The molecule has 0 bridgehead atoms. The lowest BCUT2D eigenvalue weighted by Crippen LogP contribution is -2.30. The first kappa shape index (κ1) is 32.3. The van der Waals surface area contributed by atoms with E-state index in [4.69, 9.17) is 23.2 Å². The summed E-state index contributed by atoms with van der Waals surface area (Å²) < 4.78 is 0. The van der Waals surface area contributed by atoms with Gasteiger partial charge in [-0.3, -0.25) is 14.4 Å². The minimum atomic E-state index is -1.09. The number of aryl methyl sites for hydroxylation is 1. The van der Waals surface area contributed by atoms with Crippen molar-refractivity contribution in [1.29, 1.82) is 0 Å². The maximum Gasteiger partial charge on any atom is 0.335 e. The van der Waals surface area contributed by atoms with Crippen LogP contribution in [0.2, 0.25) is 10.0 Å². The van der Waals surface area contributed by atoms with Gasteiger partial charge in [-0.1, -0.05) is 59.6 Å². The Labute approximate surface area is 268 Å².